The lowest BCUT2D eigenvalue weighted by Gasteiger charge is -2.23. The molecule has 0 aliphatic rings. The first kappa shape index (κ1) is 15.6. The van der Waals surface area contributed by atoms with E-state index in [9.17, 15) is 9.18 Å². The average Bonchev–Trinajstić information content (AvgIpc) is 2.27. The molecule has 0 heterocycles. The zero-order chi connectivity index (χ0) is 14.6. The Bertz CT molecular complexity index is 452. The van der Waals surface area contributed by atoms with E-state index in [1.807, 2.05) is 6.92 Å². The molecule has 0 bridgehead atoms. The summed E-state index contributed by atoms with van der Waals surface area (Å²) >= 11 is 0. The van der Waals surface area contributed by atoms with Crippen molar-refractivity contribution in [3.05, 3.63) is 35.1 Å². The Kier molecular flexibility index (Phi) is 5.06. The smallest absolute Gasteiger partial charge is 0.254 e. The maximum atomic E-state index is 13.5. The Labute approximate surface area is 114 Å². The van der Waals surface area contributed by atoms with E-state index in [0.717, 1.165) is 12.0 Å². The molecule has 0 fully saturated rings. The van der Waals surface area contributed by atoms with Crippen LogP contribution in [-0.2, 0) is 0 Å². The number of hydrogen-bond donors (Lipinski definition) is 2. The van der Waals surface area contributed by atoms with Crippen molar-refractivity contribution in [3.8, 4) is 0 Å². The molecule has 0 aliphatic carbocycles. The Morgan fingerprint density at radius 1 is 1.42 bits per heavy atom. The molecule has 3 nitrogen and oxygen atoms in total. The maximum Gasteiger partial charge on any atom is 0.254 e. The number of carbonyl (C=O) groups excluding carboxylic acids is 1. The number of halogens is 1. The summed E-state index contributed by atoms with van der Waals surface area (Å²) in [6.45, 7) is 8.45. The molecule has 1 unspecified atom stereocenters. The highest BCUT2D eigenvalue weighted by atomic mass is 19.1. The molecule has 0 saturated carbocycles. The molecule has 3 N–H and O–H groups in total. The number of hydrogen-bond acceptors (Lipinski definition) is 2. The molecule has 1 atom stereocenters. The third-order valence-electron chi connectivity index (χ3n) is 2.77. The summed E-state index contributed by atoms with van der Waals surface area (Å²) in [5.74, 6) is -0.918. The summed E-state index contributed by atoms with van der Waals surface area (Å²) in [4.78, 5) is 11.9. The third kappa shape index (κ3) is 5.39. The first-order valence-electron chi connectivity index (χ1n) is 6.49. The lowest BCUT2D eigenvalue weighted by molar-refractivity contribution is 0.0944. The number of rotatable bonds is 4. The Morgan fingerprint density at radius 2 is 2.05 bits per heavy atom. The fourth-order valence-electron chi connectivity index (χ4n) is 1.99. The monoisotopic (exact) mass is 266 g/mol. The van der Waals surface area contributed by atoms with Crippen molar-refractivity contribution in [1.29, 1.82) is 0 Å². The van der Waals surface area contributed by atoms with Gasteiger partial charge in [-0.15, -0.1) is 0 Å². The first-order valence-corrected chi connectivity index (χ1v) is 6.49. The van der Waals surface area contributed by atoms with E-state index in [1.54, 1.807) is 12.1 Å². The van der Waals surface area contributed by atoms with Crippen molar-refractivity contribution < 1.29 is 9.18 Å². The highest BCUT2D eigenvalue weighted by Gasteiger charge is 2.17. The summed E-state index contributed by atoms with van der Waals surface area (Å²) in [5.41, 5.74) is 6.98. The van der Waals surface area contributed by atoms with Gasteiger partial charge in [0.2, 0.25) is 0 Å². The van der Waals surface area contributed by atoms with Gasteiger partial charge in [-0.2, -0.15) is 0 Å². The summed E-state index contributed by atoms with van der Waals surface area (Å²) < 4.78 is 13.5. The van der Waals surface area contributed by atoms with Gasteiger partial charge in [0.1, 0.15) is 5.82 Å². The molecule has 0 aromatic heterocycles. The van der Waals surface area contributed by atoms with E-state index in [-0.39, 0.29) is 17.0 Å². The number of amides is 1. The van der Waals surface area contributed by atoms with E-state index in [0.29, 0.717) is 6.54 Å². The Hall–Kier alpha value is -1.42. The van der Waals surface area contributed by atoms with Gasteiger partial charge in [0.05, 0.1) is 5.56 Å². The normalized spacial score (nSPS) is 13.2. The molecular formula is C15H23FN2O. The summed E-state index contributed by atoms with van der Waals surface area (Å²) in [6, 6.07) is 4.35. The van der Waals surface area contributed by atoms with Gasteiger partial charge < -0.3 is 11.1 Å². The largest absolute Gasteiger partial charge is 0.350 e. The predicted octanol–water partition coefficient (Wildman–Crippen LogP) is 2.63. The van der Waals surface area contributed by atoms with E-state index in [2.05, 4.69) is 26.1 Å². The number of carbonyl (C=O) groups is 1. The second-order valence-electron chi connectivity index (χ2n) is 6.22. The van der Waals surface area contributed by atoms with Crippen LogP contribution in [0.15, 0.2) is 18.2 Å². The molecule has 0 aliphatic heterocycles. The molecule has 1 rings (SSSR count). The quantitative estimate of drug-likeness (QED) is 0.880. The second-order valence-corrected chi connectivity index (χ2v) is 6.22. The van der Waals surface area contributed by atoms with E-state index in [1.165, 1.54) is 6.07 Å². The predicted molar refractivity (Wildman–Crippen MR) is 75.5 cm³/mol. The van der Waals surface area contributed by atoms with Crippen molar-refractivity contribution in [1.82, 2.24) is 5.32 Å². The van der Waals surface area contributed by atoms with Gasteiger partial charge in [0.25, 0.3) is 5.91 Å². The van der Waals surface area contributed by atoms with Crippen LogP contribution < -0.4 is 11.1 Å². The standard InChI is InChI=1S/C15H23FN2O/c1-10-5-6-13(16)12(7-10)14(19)18-9-11(17)8-15(2,3)4/h5-7,11H,8-9,17H2,1-4H3,(H,18,19). The van der Waals surface area contributed by atoms with Crippen LogP contribution in [-0.4, -0.2) is 18.5 Å². The maximum absolute atomic E-state index is 13.5. The molecule has 0 spiro atoms. The SMILES string of the molecule is Cc1ccc(F)c(C(=O)NCC(N)CC(C)(C)C)c1. The van der Waals surface area contributed by atoms with Crippen LogP contribution in [0.25, 0.3) is 0 Å². The molecule has 106 valence electrons. The number of nitrogens with two attached hydrogens (primary N) is 1. The zero-order valence-corrected chi connectivity index (χ0v) is 12.1. The fraction of sp³-hybridized carbons (Fsp3) is 0.533. The minimum Gasteiger partial charge on any atom is -0.350 e. The van der Waals surface area contributed by atoms with Gasteiger partial charge >= 0.3 is 0 Å². The lowest BCUT2D eigenvalue weighted by Crippen LogP contribution is -2.39. The van der Waals surface area contributed by atoms with Crippen molar-refractivity contribution >= 4 is 5.91 Å². The highest BCUT2D eigenvalue weighted by molar-refractivity contribution is 5.94. The molecule has 0 saturated heterocycles. The van der Waals surface area contributed by atoms with E-state index >= 15 is 0 Å². The van der Waals surface area contributed by atoms with Gasteiger partial charge in [-0.1, -0.05) is 32.4 Å². The van der Waals surface area contributed by atoms with Gasteiger partial charge in [-0.05, 0) is 30.9 Å². The second kappa shape index (κ2) is 6.15. The summed E-state index contributed by atoms with van der Waals surface area (Å²) in [7, 11) is 0. The van der Waals surface area contributed by atoms with E-state index in [4.69, 9.17) is 5.73 Å². The topological polar surface area (TPSA) is 55.1 Å². The molecule has 19 heavy (non-hydrogen) atoms. The third-order valence-corrected chi connectivity index (χ3v) is 2.77. The number of nitrogens with one attached hydrogen (secondary N) is 1. The molecule has 0 radical (unpaired) electrons. The van der Waals surface area contributed by atoms with Crippen LogP contribution in [0.5, 0.6) is 0 Å². The summed E-state index contributed by atoms with van der Waals surface area (Å²) in [6.07, 6.45) is 0.795. The van der Waals surface area contributed by atoms with Crippen LogP contribution in [0.3, 0.4) is 0 Å². The Balaban J connectivity index is 2.58. The van der Waals surface area contributed by atoms with Crippen molar-refractivity contribution in [2.24, 2.45) is 11.1 Å². The average molecular weight is 266 g/mol. The van der Waals surface area contributed by atoms with Crippen LogP contribution >= 0.6 is 0 Å². The molecule has 1 amide bonds. The first-order chi connectivity index (χ1) is 8.69. The molecule has 1 aromatic rings. The van der Waals surface area contributed by atoms with Crippen molar-refractivity contribution in [3.63, 3.8) is 0 Å². The van der Waals surface area contributed by atoms with Gasteiger partial charge in [-0.25, -0.2) is 4.39 Å². The number of benzene rings is 1. The van der Waals surface area contributed by atoms with Crippen LogP contribution in [0.2, 0.25) is 0 Å². The van der Waals surface area contributed by atoms with Crippen LogP contribution in [0, 0.1) is 18.2 Å². The Morgan fingerprint density at radius 3 is 2.63 bits per heavy atom. The summed E-state index contributed by atoms with van der Waals surface area (Å²) in [5, 5.41) is 2.69. The van der Waals surface area contributed by atoms with Gasteiger partial charge in [-0.3, -0.25) is 4.79 Å². The van der Waals surface area contributed by atoms with E-state index < -0.39 is 11.7 Å². The van der Waals surface area contributed by atoms with Crippen LogP contribution in [0.4, 0.5) is 4.39 Å². The number of aryl methyl sites for hydroxylation is 1. The lowest BCUT2D eigenvalue weighted by atomic mass is 9.88. The van der Waals surface area contributed by atoms with Crippen molar-refractivity contribution in [2.45, 2.75) is 40.2 Å². The fourth-order valence-corrected chi connectivity index (χ4v) is 1.99. The molecule has 1 aromatic carbocycles. The molecule has 4 heteroatoms. The highest BCUT2D eigenvalue weighted by Crippen LogP contribution is 2.19. The van der Waals surface area contributed by atoms with Gasteiger partial charge in [0.15, 0.2) is 0 Å². The minimum atomic E-state index is -0.507. The zero-order valence-electron chi connectivity index (χ0n) is 12.1. The van der Waals surface area contributed by atoms with Gasteiger partial charge in [0, 0.05) is 12.6 Å². The minimum absolute atomic E-state index is 0.0722. The van der Waals surface area contributed by atoms with Crippen LogP contribution in [0.1, 0.15) is 43.1 Å². The molecular weight excluding hydrogens is 243 g/mol. The van der Waals surface area contributed by atoms with Crippen molar-refractivity contribution in [2.75, 3.05) is 6.54 Å².